The molecular formula is C7H11F3N2O4. The second kappa shape index (κ2) is 6.16. The van der Waals surface area contributed by atoms with Crippen LogP contribution in [-0.4, -0.2) is 59.5 Å². The summed E-state index contributed by atoms with van der Waals surface area (Å²) in [5.74, 6) is -2.76. The van der Waals surface area contributed by atoms with Crippen LogP contribution in [0.4, 0.5) is 18.0 Å². The number of halogens is 3. The fourth-order valence-electron chi connectivity index (χ4n) is 0.856. The zero-order valence-electron chi connectivity index (χ0n) is 8.12. The molecule has 1 fully saturated rings. The number of nitrogens with one attached hydrogen (secondary N) is 1. The van der Waals surface area contributed by atoms with Crippen molar-refractivity contribution in [2.45, 2.75) is 6.18 Å². The highest BCUT2D eigenvalue weighted by atomic mass is 19.4. The Morgan fingerprint density at radius 1 is 1.12 bits per heavy atom. The molecule has 1 heterocycles. The summed E-state index contributed by atoms with van der Waals surface area (Å²) >= 11 is 0. The topological polar surface area (TPSA) is 89.9 Å². The predicted octanol–water partition coefficient (Wildman–Crippen LogP) is 0.203. The number of amides is 1. The molecule has 1 saturated heterocycles. The summed E-state index contributed by atoms with van der Waals surface area (Å²) in [6, 6.07) is 0. The number of carboxylic acids is 1. The van der Waals surface area contributed by atoms with E-state index in [1.807, 2.05) is 0 Å². The van der Waals surface area contributed by atoms with Gasteiger partial charge < -0.3 is 20.4 Å². The second-order valence-corrected chi connectivity index (χ2v) is 2.82. The van der Waals surface area contributed by atoms with Gasteiger partial charge in [-0.25, -0.2) is 9.59 Å². The molecule has 0 saturated carbocycles. The first-order valence-electron chi connectivity index (χ1n) is 4.24. The molecule has 1 amide bonds. The molecule has 1 aliphatic heterocycles. The van der Waals surface area contributed by atoms with E-state index < -0.39 is 18.2 Å². The molecule has 0 aliphatic carbocycles. The van der Waals surface area contributed by atoms with Crippen molar-refractivity contribution in [3.63, 3.8) is 0 Å². The first-order chi connectivity index (χ1) is 7.25. The maximum atomic E-state index is 10.6. The number of piperazine rings is 1. The van der Waals surface area contributed by atoms with E-state index >= 15 is 0 Å². The number of rotatable bonds is 0. The van der Waals surface area contributed by atoms with Gasteiger partial charge in [0.25, 0.3) is 0 Å². The Kier molecular flexibility index (Phi) is 5.57. The minimum atomic E-state index is -5.08. The number of carbonyl (C=O) groups is 2. The Bertz CT molecular complexity index is 251. The summed E-state index contributed by atoms with van der Waals surface area (Å²) in [5, 5.41) is 18.6. The van der Waals surface area contributed by atoms with Crippen molar-refractivity contribution in [3.8, 4) is 0 Å². The van der Waals surface area contributed by atoms with Crippen LogP contribution in [0.15, 0.2) is 0 Å². The van der Waals surface area contributed by atoms with Crippen LogP contribution in [-0.2, 0) is 4.79 Å². The highest BCUT2D eigenvalue weighted by molar-refractivity contribution is 5.73. The predicted molar refractivity (Wildman–Crippen MR) is 46.2 cm³/mol. The van der Waals surface area contributed by atoms with Crippen LogP contribution in [0, 0.1) is 0 Å². The lowest BCUT2D eigenvalue weighted by molar-refractivity contribution is -0.192. The third kappa shape index (κ3) is 6.06. The van der Waals surface area contributed by atoms with Crippen molar-refractivity contribution in [2.75, 3.05) is 26.2 Å². The average molecular weight is 244 g/mol. The van der Waals surface area contributed by atoms with E-state index in [0.29, 0.717) is 13.1 Å². The van der Waals surface area contributed by atoms with E-state index in [2.05, 4.69) is 5.32 Å². The highest BCUT2D eigenvalue weighted by Gasteiger charge is 2.38. The Balaban J connectivity index is 0.000000293. The molecular weight excluding hydrogens is 233 g/mol. The minimum Gasteiger partial charge on any atom is -0.475 e. The zero-order chi connectivity index (χ0) is 12.8. The van der Waals surface area contributed by atoms with Gasteiger partial charge in [0.05, 0.1) is 0 Å². The molecule has 6 nitrogen and oxygen atoms in total. The number of hydrogen-bond donors (Lipinski definition) is 3. The van der Waals surface area contributed by atoms with E-state index in [0.717, 1.165) is 13.1 Å². The van der Waals surface area contributed by atoms with Gasteiger partial charge in [0.2, 0.25) is 0 Å². The first kappa shape index (κ1) is 14.5. The first-order valence-corrected chi connectivity index (χ1v) is 4.24. The van der Waals surface area contributed by atoms with Crippen LogP contribution in [0.2, 0.25) is 0 Å². The van der Waals surface area contributed by atoms with Gasteiger partial charge in [-0.3, -0.25) is 0 Å². The monoisotopic (exact) mass is 244 g/mol. The molecule has 1 aliphatic rings. The summed E-state index contributed by atoms with van der Waals surface area (Å²) < 4.78 is 31.7. The summed E-state index contributed by atoms with van der Waals surface area (Å²) in [6.07, 6.45) is -5.89. The van der Waals surface area contributed by atoms with Crippen LogP contribution in [0.25, 0.3) is 0 Å². The SMILES string of the molecule is O=C(O)C(F)(F)F.O=C(O)N1CCNCC1. The molecule has 3 N–H and O–H groups in total. The van der Waals surface area contributed by atoms with E-state index in [1.54, 1.807) is 0 Å². The number of carboxylic acid groups (broad SMARTS) is 2. The third-order valence-electron chi connectivity index (χ3n) is 1.63. The molecule has 0 atom stereocenters. The molecule has 9 heteroatoms. The molecule has 0 unspecified atom stereocenters. The van der Waals surface area contributed by atoms with Gasteiger partial charge in [-0.15, -0.1) is 0 Å². The molecule has 94 valence electrons. The maximum Gasteiger partial charge on any atom is 0.490 e. The van der Waals surface area contributed by atoms with Crippen molar-refractivity contribution < 1.29 is 33.0 Å². The van der Waals surface area contributed by atoms with E-state index in [-0.39, 0.29) is 0 Å². The van der Waals surface area contributed by atoms with E-state index in [9.17, 15) is 18.0 Å². The zero-order valence-corrected chi connectivity index (χ0v) is 8.12. The highest BCUT2D eigenvalue weighted by Crippen LogP contribution is 2.13. The Morgan fingerprint density at radius 3 is 1.69 bits per heavy atom. The Morgan fingerprint density at radius 2 is 1.50 bits per heavy atom. The van der Waals surface area contributed by atoms with Gasteiger partial charge in [0.15, 0.2) is 0 Å². The van der Waals surface area contributed by atoms with Crippen molar-refractivity contribution in [3.05, 3.63) is 0 Å². The molecule has 0 aromatic carbocycles. The Labute approximate surface area is 88.6 Å². The molecule has 0 radical (unpaired) electrons. The van der Waals surface area contributed by atoms with Crippen molar-refractivity contribution in [2.24, 2.45) is 0 Å². The van der Waals surface area contributed by atoms with Gasteiger partial charge in [-0.05, 0) is 0 Å². The summed E-state index contributed by atoms with van der Waals surface area (Å²) in [4.78, 5) is 20.6. The molecule has 0 spiro atoms. The number of nitrogens with zero attached hydrogens (tertiary/aromatic N) is 1. The normalized spacial score (nSPS) is 16.1. The van der Waals surface area contributed by atoms with Crippen LogP contribution in [0.1, 0.15) is 0 Å². The standard InChI is InChI=1S/C5H10N2O2.C2HF3O2/c8-5(9)7-3-1-6-2-4-7;3-2(4,5)1(6)7/h6H,1-4H2,(H,8,9);(H,6,7). The lowest BCUT2D eigenvalue weighted by Gasteiger charge is -2.23. The van der Waals surface area contributed by atoms with Gasteiger partial charge >= 0.3 is 18.2 Å². The molecule has 0 bridgehead atoms. The molecule has 1 rings (SSSR count). The summed E-state index contributed by atoms with van der Waals surface area (Å²) in [6.45, 7) is 2.81. The smallest absolute Gasteiger partial charge is 0.475 e. The second-order valence-electron chi connectivity index (χ2n) is 2.82. The maximum absolute atomic E-state index is 10.6. The molecule has 0 aromatic heterocycles. The summed E-state index contributed by atoms with van der Waals surface area (Å²) in [5.41, 5.74) is 0. The van der Waals surface area contributed by atoms with Gasteiger partial charge in [-0.2, -0.15) is 13.2 Å². The largest absolute Gasteiger partial charge is 0.490 e. The van der Waals surface area contributed by atoms with Crippen LogP contribution in [0.3, 0.4) is 0 Å². The van der Waals surface area contributed by atoms with Crippen molar-refractivity contribution in [1.29, 1.82) is 0 Å². The van der Waals surface area contributed by atoms with E-state index in [4.69, 9.17) is 15.0 Å². The number of aliphatic carboxylic acids is 1. The lowest BCUT2D eigenvalue weighted by atomic mass is 10.4. The van der Waals surface area contributed by atoms with Crippen molar-refractivity contribution >= 4 is 12.1 Å². The Hall–Kier alpha value is -1.51. The summed E-state index contributed by atoms with van der Waals surface area (Å²) in [7, 11) is 0. The van der Waals surface area contributed by atoms with Crippen molar-refractivity contribution in [1.82, 2.24) is 10.2 Å². The third-order valence-corrected chi connectivity index (χ3v) is 1.63. The number of hydrogen-bond acceptors (Lipinski definition) is 3. The molecule has 16 heavy (non-hydrogen) atoms. The number of alkyl halides is 3. The van der Waals surface area contributed by atoms with E-state index in [1.165, 1.54) is 4.90 Å². The fourth-order valence-corrected chi connectivity index (χ4v) is 0.856. The van der Waals surface area contributed by atoms with Crippen LogP contribution < -0.4 is 5.32 Å². The lowest BCUT2D eigenvalue weighted by Crippen LogP contribution is -2.45. The van der Waals surface area contributed by atoms with Gasteiger partial charge in [0.1, 0.15) is 0 Å². The fraction of sp³-hybridized carbons (Fsp3) is 0.714. The quantitative estimate of drug-likeness (QED) is 0.566. The average Bonchev–Trinajstić information content (AvgIpc) is 2.18. The van der Waals surface area contributed by atoms with Gasteiger partial charge in [-0.1, -0.05) is 0 Å². The molecule has 0 aromatic rings. The van der Waals surface area contributed by atoms with Crippen LogP contribution >= 0.6 is 0 Å². The van der Waals surface area contributed by atoms with Crippen LogP contribution in [0.5, 0.6) is 0 Å². The minimum absolute atomic E-state index is 0.620. The van der Waals surface area contributed by atoms with Gasteiger partial charge in [0, 0.05) is 26.2 Å².